The third-order valence-electron chi connectivity index (χ3n) is 2.85. The van der Waals surface area contributed by atoms with E-state index in [-0.39, 0.29) is 6.29 Å². The van der Waals surface area contributed by atoms with Crippen molar-refractivity contribution in [3.8, 4) is 0 Å². The lowest BCUT2D eigenvalue weighted by Gasteiger charge is -2.36. The Morgan fingerprint density at radius 3 is 2.88 bits per heavy atom. The van der Waals surface area contributed by atoms with Crippen LogP contribution in [0.2, 0.25) is 0 Å². The molecule has 1 heterocycles. The van der Waals surface area contributed by atoms with Gasteiger partial charge in [0.2, 0.25) is 0 Å². The van der Waals surface area contributed by atoms with Gasteiger partial charge in [-0.25, -0.2) is 0 Å². The molecule has 0 spiro atoms. The second-order valence-electron chi connectivity index (χ2n) is 4.14. The molecule has 5 nitrogen and oxygen atoms in total. The van der Waals surface area contributed by atoms with Crippen molar-refractivity contribution >= 4 is 0 Å². The van der Waals surface area contributed by atoms with Crippen LogP contribution in [0.5, 0.6) is 0 Å². The molecule has 0 saturated carbocycles. The molecule has 16 heavy (non-hydrogen) atoms. The average molecular weight is 233 g/mol. The fourth-order valence-electron chi connectivity index (χ4n) is 1.77. The molecule has 1 saturated heterocycles. The van der Waals surface area contributed by atoms with Gasteiger partial charge in [0.1, 0.15) is 0 Å². The number of aliphatic hydroxyl groups excluding tert-OH is 1. The van der Waals surface area contributed by atoms with Crippen LogP contribution in [0, 0.1) is 0 Å². The molecule has 0 amide bonds. The summed E-state index contributed by atoms with van der Waals surface area (Å²) in [4.78, 5) is 2.32. The summed E-state index contributed by atoms with van der Waals surface area (Å²) in [6.45, 7) is 6.79. The fourth-order valence-corrected chi connectivity index (χ4v) is 1.77. The van der Waals surface area contributed by atoms with Crippen molar-refractivity contribution in [1.29, 1.82) is 0 Å². The van der Waals surface area contributed by atoms with Crippen molar-refractivity contribution in [1.82, 2.24) is 4.90 Å². The molecular formula is C11H23NO4. The van der Waals surface area contributed by atoms with Crippen LogP contribution >= 0.6 is 0 Å². The minimum atomic E-state index is -0.677. The van der Waals surface area contributed by atoms with Crippen LogP contribution < -0.4 is 0 Å². The van der Waals surface area contributed by atoms with Gasteiger partial charge in [-0.15, -0.1) is 0 Å². The molecule has 1 N–H and O–H groups in total. The minimum absolute atomic E-state index is 0.117. The average Bonchev–Trinajstić information content (AvgIpc) is 2.28. The summed E-state index contributed by atoms with van der Waals surface area (Å²) in [6, 6.07) is 0.417. The number of morpholine rings is 1. The molecule has 0 aliphatic carbocycles. The Morgan fingerprint density at radius 2 is 2.25 bits per heavy atom. The first-order valence-electron chi connectivity index (χ1n) is 5.81. The molecule has 1 aliphatic rings. The molecule has 3 atom stereocenters. The monoisotopic (exact) mass is 233 g/mol. The van der Waals surface area contributed by atoms with E-state index in [1.165, 1.54) is 0 Å². The number of nitrogens with zero attached hydrogens (tertiary/aromatic N) is 1. The van der Waals surface area contributed by atoms with E-state index in [1.807, 2.05) is 0 Å². The van der Waals surface area contributed by atoms with E-state index in [1.54, 1.807) is 14.0 Å². The number of rotatable bonds is 6. The second-order valence-corrected chi connectivity index (χ2v) is 4.14. The van der Waals surface area contributed by atoms with Gasteiger partial charge < -0.3 is 19.3 Å². The minimum Gasteiger partial charge on any atom is -0.368 e. The smallest absolute Gasteiger partial charge is 0.169 e. The number of aliphatic hydroxyl groups is 1. The van der Waals surface area contributed by atoms with E-state index in [4.69, 9.17) is 19.3 Å². The highest BCUT2D eigenvalue weighted by molar-refractivity contribution is 4.72. The number of ether oxygens (including phenoxy) is 3. The summed E-state index contributed by atoms with van der Waals surface area (Å²) in [5.74, 6) is 0. The Hall–Kier alpha value is -0.200. The van der Waals surface area contributed by atoms with Gasteiger partial charge in [-0.1, -0.05) is 0 Å². The highest BCUT2D eigenvalue weighted by atomic mass is 16.7. The summed E-state index contributed by atoms with van der Waals surface area (Å²) in [7, 11) is 1.66. The maximum atomic E-state index is 8.98. The zero-order valence-corrected chi connectivity index (χ0v) is 10.4. The Labute approximate surface area is 97.3 Å². The molecule has 5 heteroatoms. The first-order valence-corrected chi connectivity index (χ1v) is 5.81. The highest BCUT2D eigenvalue weighted by Gasteiger charge is 2.23. The van der Waals surface area contributed by atoms with E-state index in [9.17, 15) is 0 Å². The Balaban J connectivity index is 2.21. The molecule has 0 aromatic heterocycles. The van der Waals surface area contributed by atoms with Gasteiger partial charge in [-0.3, -0.25) is 4.90 Å². The van der Waals surface area contributed by atoms with Crippen LogP contribution in [0.15, 0.2) is 0 Å². The van der Waals surface area contributed by atoms with Gasteiger partial charge in [-0.2, -0.15) is 0 Å². The number of hydrogen-bond donors (Lipinski definition) is 1. The van der Waals surface area contributed by atoms with Crippen LogP contribution in [0.25, 0.3) is 0 Å². The normalized spacial score (nSPS) is 26.6. The van der Waals surface area contributed by atoms with Crippen LogP contribution in [-0.4, -0.2) is 62.0 Å². The lowest BCUT2D eigenvalue weighted by Crippen LogP contribution is -2.47. The molecule has 0 aromatic rings. The van der Waals surface area contributed by atoms with Crippen molar-refractivity contribution in [2.45, 2.75) is 38.9 Å². The van der Waals surface area contributed by atoms with Gasteiger partial charge in [0.05, 0.1) is 13.2 Å². The Kier molecular flexibility index (Phi) is 6.23. The van der Waals surface area contributed by atoms with Crippen LogP contribution in [0.1, 0.15) is 20.3 Å². The van der Waals surface area contributed by atoms with Gasteiger partial charge >= 0.3 is 0 Å². The van der Waals surface area contributed by atoms with Gasteiger partial charge in [0, 0.05) is 26.2 Å². The third kappa shape index (κ3) is 4.76. The van der Waals surface area contributed by atoms with Crippen LogP contribution in [0.3, 0.4) is 0 Å². The number of methoxy groups -OCH3 is 1. The summed E-state index contributed by atoms with van der Waals surface area (Å²) in [5, 5.41) is 8.98. The van der Waals surface area contributed by atoms with E-state index in [0.29, 0.717) is 19.3 Å². The molecule has 0 aromatic carbocycles. The number of hydrogen-bond acceptors (Lipinski definition) is 5. The Bertz CT molecular complexity index is 189. The largest absolute Gasteiger partial charge is 0.368 e. The first kappa shape index (κ1) is 13.9. The van der Waals surface area contributed by atoms with E-state index in [0.717, 1.165) is 19.5 Å². The van der Waals surface area contributed by atoms with Gasteiger partial charge in [0.25, 0.3) is 0 Å². The van der Waals surface area contributed by atoms with E-state index in [2.05, 4.69) is 11.8 Å². The zero-order chi connectivity index (χ0) is 12.0. The van der Waals surface area contributed by atoms with Crippen LogP contribution in [0.4, 0.5) is 0 Å². The van der Waals surface area contributed by atoms with Crippen molar-refractivity contribution in [2.24, 2.45) is 0 Å². The molecule has 1 fully saturated rings. The van der Waals surface area contributed by atoms with Gasteiger partial charge in [0.15, 0.2) is 12.6 Å². The van der Waals surface area contributed by atoms with Crippen molar-refractivity contribution in [2.75, 3.05) is 33.4 Å². The lowest BCUT2D eigenvalue weighted by molar-refractivity contribution is -0.171. The zero-order valence-electron chi connectivity index (χ0n) is 10.4. The predicted octanol–water partition coefficient (Wildman–Crippen LogP) is 0.425. The van der Waals surface area contributed by atoms with Gasteiger partial charge in [-0.05, 0) is 20.3 Å². The highest BCUT2D eigenvalue weighted by Crippen LogP contribution is 2.11. The summed E-state index contributed by atoms with van der Waals surface area (Å²) in [5.41, 5.74) is 0. The molecule has 96 valence electrons. The molecular weight excluding hydrogens is 210 g/mol. The van der Waals surface area contributed by atoms with Crippen molar-refractivity contribution < 1.29 is 19.3 Å². The van der Waals surface area contributed by atoms with Crippen molar-refractivity contribution in [3.63, 3.8) is 0 Å². The summed E-state index contributed by atoms with van der Waals surface area (Å²) < 4.78 is 15.7. The SMILES string of the molecule is CO[C@@H]1CN([C@H](C)CCO[C@@H](C)O)CCO1. The molecule has 0 radical (unpaired) electrons. The van der Waals surface area contributed by atoms with Crippen LogP contribution in [-0.2, 0) is 14.2 Å². The maximum absolute atomic E-state index is 8.98. The van der Waals surface area contributed by atoms with E-state index >= 15 is 0 Å². The lowest BCUT2D eigenvalue weighted by atomic mass is 10.2. The first-order chi connectivity index (χ1) is 7.63. The quantitative estimate of drug-likeness (QED) is 0.674. The molecule has 1 aliphatic heterocycles. The second kappa shape index (κ2) is 7.19. The molecule has 1 rings (SSSR count). The third-order valence-corrected chi connectivity index (χ3v) is 2.85. The molecule has 0 unspecified atom stereocenters. The summed E-state index contributed by atoms with van der Waals surface area (Å²) >= 11 is 0. The maximum Gasteiger partial charge on any atom is 0.169 e. The van der Waals surface area contributed by atoms with E-state index < -0.39 is 6.29 Å². The Morgan fingerprint density at radius 1 is 1.50 bits per heavy atom. The topological polar surface area (TPSA) is 51.2 Å². The fraction of sp³-hybridized carbons (Fsp3) is 1.00. The summed E-state index contributed by atoms with van der Waals surface area (Å²) in [6.07, 6.45) is 0.110. The molecule has 0 bridgehead atoms. The standard InChI is InChI=1S/C11H23NO4/c1-9(4-6-15-10(2)13)12-5-7-16-11(8-12)14-3/h9-11,13H,4-8H2,1-3H3/t9-,10+,11+/m1/s1. The van der Waals surface area contributed by atoms with Crippen molar-refractivity contribution in [3.05, 3.63) is 0 Å². The predicted molar refractivity (Wildman–Crippen MR) is 60.0 cm³/mol.